The van der Waals surface area contributed by atoms with E-state index in [0.717, 1.165) is 0 Å². The van der Waals surface area contributed by atoms with E-state index >= 15 is 0 Å². The van der Waals surface area contributed by atoms with Gasteiger partial charge in [-0.05, 0) is 24.4 Å². The summed E-state index contributed by atoms with van der Waals surface area (Å²) in [5, 5.41) is 0. The largest absolute Gasteiger partial charge is 0.137 e. The fourth-order valence-corrected chi connectivity index (χ4v) is 2.19. The van der Waals surface area contributed by atoms with E-state index in [1.165, 1.54) is 44.7 Å². The lowest BCUT2D eigenvalue weighted by Gasteiger charge is -2.25. The van der Waals surface area contributed by atoms with Crippen LogP contribution in [-0.2, 0) is 0 Å². The summed E-state index contributed by atoms with van der Waals surface area (Å²) in [6.45, 7) is 2.44. The smallest absolute Gasteiger partial charge is 0.0291 e. The molecule has 0 saturated heterocycles. The van der Waals surface area contributed by atoms with Crippen molar-refractivity contribution in [2.75, 3.05) is 6.16 Å². The molecule has 1 heteroatoms. The molecule has 1 saturated carbocycles. The number of hydrogen-bond acceptors (Lipinski definition) is 0. The standard InChI is InChI=1S/C9H19P/c1-9(8-10)6-4-2-3-5-7-9/h2-8,10H2,1H3. The summed E-state index contributed by atoms with van der Waals surface area (Å²) in [5.41, 5.74) is 0.668. The van der Waals surface area contributed by atoms with Crippen LogP contribution >= 0.6 is 9.24 Å². The summed E-state index contributed by atoms with van der Waals surface area (Å²) in [6.07, 6.45) is 10.1. The van der Waals surface area contributed by atoms with Crippen LogP contribution in [0.2, 0.25) is 0 Å². The molecule has 1 rings (SSSR count). The Morgan fingerprint density at radius 3 is 2.00 bits per heavy atom. The topological polar surface area (TPSA) is 0 Å². The van der Waals surface area contributed by atoms with Crippen LogP contribution < -0.4 is 0 Å². The average Bonchev–Trinajstić information content (AvgIpc) is 2.15. The van der Waals surface area contributed by atoms with E-state index in [0.29, 0.717) is 5.41 Å². The highest BCUT2D eigenvalue weighted by atomic mass is 31.0. The highest BCUT2D eigenvalue weighted by Crippen LogP contribution is 2.35. The maximum atomic E-state index is 2.90. The van der Waals surface area contributed by atoms with Gasteiger partial charge in [0.2, 0.25) is 0 Å². The molecule has 0 aliphatic heterocycles. The Bertz CT molecular complexity index is 90.9. The van der Waals surface area contributed by atoms with Crippen molar-refractivity contribution in [3.8, 4) is 0 Å². The van der Waals surface area contributed by atoms with Crippen LogP contribution in [0, 0.1) is 5.41 Å². The van der Waals surface area contributed by atoms with Gasteiger partial charge in [-0.15, -0.1) is 9.24 Å². The van der Waals surface area contributed by atoms with Crippen LogP contribution in [0.3, 0.4) is 0 Å². The van der Waals surface area contributed by atoms with E-state index in [1.807, 2.05) is 0 Å². The third-order valence-corrected chi connectivity index (χ3v) is 3.79. The van der Waals surface area contributed by atoms with Gasteiger partial charge in [0.1, 0.15) is 0 Å². The minimum Gasteiger partial charge on any atom is -0.137 e. The first-order valence-corrected chi connectivity index (χ1v) is 5.29. The van der Waals surface area contributed by atoms with Gasteiger partial charge in [-0.25, -0.2) is 0 Å². The molecule has 0 amide bonds. The Balaban J connectivity index is 2.41. The highest BCUT2D eigenvalue weighted by molar-refractivity contribution is 7.16. The predicted octanol–water partition coefficient (Wildman–Crippen LogP) is 3.22. The van der Waals surface area contributed by atoms with Gasteiger partial charge >= 0.3 is 0 Å². The van der Waals surface area contributed by atoms with Crippen LogP contribution in [0.1, 0.15) is 45.4 Å². The number of hydrogen-bond donors (Lipinski definition) is 0. The Labute approximate surface area is 67.0 Å². The van der Waals surface area contributed by atoms with Crippen molar-refractivity contribution in [1.82, 2.24) is 0 Å². The summed E-state index contributed by atoms with van der Waals surface area (Å²) < 4.78 is 0. The quantitative estimate of drug-likeness (QED) is 0.406. The third kappa shape index (κ3) is 2.23. The second-order valence-electron chi connectivity index (χ2n) is 3.93. The van der Waals surface area contributed by atoms with Gasteiger partial charge in [-0.2, -0.15) is 0 Å². The normalized spacial score (nSPS) is 25.8. The summed E-state index contributed by atoms with van der Waals surface area (Å²) in [7, 11) is 2.90. The molecule has 1 fully saturated rings. The van der Waals surface area contributed by atoms with Crippen molar-refractivity contribution in [2.24, 2.45) is 5.41 Å². The van der Waals surface area contributed by atoms with Gasteiger partial charge in [0, 0.05) is 0 Å². The Hall–Kier alpha value is 0.430. The fraction of sp³-hybridized carbons (Fsp3) is 1.00. The molecule has 0 radical (unpaired) electrons. The van der Waals surface area contributed by atoms with Crippen LogP contribution in [0.5, 0.6) is 0 Å². The van der Waals surface area contributed by atoms with Gasteiger partial charge in [-0.1, -0.05) is 32.6 Å². The molecule has 10 heavy (non-hydrogen) atoms. The highest BCUT2D eigenvalue weighted by Gasteiger charge is 2.22. The van der Waals surface area contributed by atoms with Crippen LogP contribution in [0.4, 0.5) is 0 Å². The van der Waals surface area contributed by atoms with Crippen LogP contribution in [0.15, 0.2) is 0 Å². The molecule has 1 unspecified atom stereocenters. The fourth-order valence-electron chi connectivity index (χ4n) is 1.79. The summed E-state index contributed by atoms with van der Waals surface area (Å²) >= 11 is 0. The van der Waals surface area contributed by atoms with Crippen molar-refractivity contribution >= 4 is 9.24 Å². The van der Waals surface area contributed by atoms with Gasteiger partial charge in [0.05, 0.1) is 0 Å². The van der Waals surface area contributed by atoms with E-state index in [4.69, 9.17) is 0 Å². The Morgan fingerprint density at radius 1 is 1.10 bits per heavy atom. The SMILES string of the molecule is CC1(CP)CCCCCC1. The van der Waals surface area contributed by atoms with Crippen LogP contribution in [0.25, 0.3) is 0 Å². The first-order valence-electron chi connectivity index (χ1n) is 4.47. The van der Waals surface area contributed by atoms with E-state index in [9.17, 15) is 0 Å². The van der Waals surface area contributed by atoms with E-state index in [-0.39, 0.29) is 0 Å². The minimum absolute atomic E-state index is 0.668. The number of rotatable bonds is 1. The summed E-state index contributed by atoms with van der Waals surface area (Å²) in [4.78, 5) is 0. The second kappa shape index (κ2) is 3.72. The predicted molar refractivity (Wildman–Crippen MR) is 50.4 cm³/mol. The van der Waals surface area contributed by atoms with Crippen molar-refractivity contribution in [3.05, 3.63) is 0 Å². The van der Waals surface area contributed by atoms with Gasteiger partial charge in [-0.3, -0.25) is 0 Å². The molecular weight excluding hydrogens is 139 g/mol. The second-order valence-corrected chi connectivity index (χ2v) is 4.34. The Morgan fingerprint density at radius 2 is 1.60 bits per heavy atom. The van der Waals surface area contributed by atoms with E-state index in [1.54, 1.807) is 0 Å². The van der Waals surface area contributed by atoms with E-state index < -0.39 is 0 Å². The minimum atomic E-state index is 0.668. The molecule has 0 aromatic carbocycles. The third-order valence-electron chi connectivity index (χ3n) is 2.80. The first kappa shape index (κ1) is 8.53. The molecule has 0 spiro atoms. The lowest BCUT2D eigenvalue weighted by Crippen LogP contribution is -2.16. The van der Waals surface area contributed by atoms with Gasteiger partial charge in [0.15, 0.2) is 0 Å². The molecule has 0 bridgehead atoms. The molecule has 0 nitrogen and oxygen atoms in total. The summed E-state index contributed by atoms with van der Waals surface area (Å²) in [6, 6.07) is 0. The van der Waals surface area contributed by atoms with Crippen molar-refractivity contribution < 1.29 is 0 Å². The molecule has 0 heterocycles. The molecule has 0 aromatic heterocycles. The molecule has 0 aromatic rings. The van der Waals surface area contributed by atoms with Crippen molar-refractivity contribution in [3.63, 3.8) is 0 Å². The summed E-state index contributed by atoms with van der Waals surface area (Å²) in [5.74, 6) is 0. The zero-order chi connectivity index (χ0) is 7.45. The average molecular weight is 158 g/mol. The monoisotopic (exact) mass is 158 g/mol. The first-order chi connectivity index (χ1) is 4.77. The molecule has 1 aliphatic carbocycles. The molecule has 60 valence electrons. The zero-order valence-corrected chi connectivity index (χ0v) is 8.18. The molecule has 1 aliphatic rings. The van der Waals surface area contributed by atoms with Gasteiger partial charge in [0.25, 0.3) is 0 Å². The zero-order valence-electron chi connectivity index (χ0n) is 7.03. The Kier molecular flexibility index (Phi) is 3.17. The lowest BCUT2D eigenvalue weighted by atomic mass is 9.85. The van der Waals surface area contributed by atoms with Crippen LogP contribution in [-0.4, -0.2) is 6.16 Å². The van der Waals surface area contributed by atoms with Crippen molar-refractivity contribution in [2.45, 2.75) is 45.4 Å². The molecule has 0 N–H and O–H groups in total. The molecular formula is C9H19P. The van der Waals surface area contributed by atoms with E-state index in [2.05, 4.69) is 16.2 Å². The van der Waals surface area contributed by atoms with Gasteiger partial charge < -0.3 is 0 Å². The maximum absolute atomic E-state index is 2.90. The van der Waals surface area contributed by atoms with Crippen molar-refractivity contribution in [1.29, 1.82) is 0 Å². The molecule has 1 atom stereocenters. The lowest BCUT2D eigenvalue weighted by molar-refractivity contribution is 0.323. The maximum Gasteiger partial charge on any atom is -0.0291 e.